The van der Waals surface area contributed by atoms with Crippen LogP contribution in [-0.4, -0.2) is 25.7 Å². The highest BCUT2D eigenvalue weighted by Gasteiger charge is 2.09. The quantitative estimate of drug-likeness (QED) is 0.894. The van der Waals surface area contributed by atoms with Crippen LogP contribution in [0.1, 0.15) is 6.92 Å². The van der Waals surface area contributed by atoms with E-state index in [1.54, 1.807) is 20.4 Å². The summed E-state index contributed by atoms with van der Waals surface area (Å²) >= 11 is 0. The average molecular weight is 258 g/mol. The van der Waals surface area contributed by atoms with Crippen LogP contribution in [-0.2, 0) is 0 Å². The second-order valence-electron chi connectivity index (χ2n) is 4.03. The van der Waals surface area contributed by atoms with Gasteiger partial charge in [0.25, 0.3) is 0 Å². The molecule has 0 unspecified atom stereocenters. The summed E-state index contributed by atoms with van der Waals surface area (Å²) in [6, 6.07) is 9.63. The normalized spacial score (nSPS) is 10.1. The molecule has 0 atom stereocenters. The van der Waals surface area contributed by atoms with Crippen LogP contribution in [0.2, 0.25) is 0 Å². The molecule has 100 valence electrons. The van der Waals surface area contributed by atoms with Crippen molar-refractivity contribution in [2.24, 2.45) is 0 Å². The fourth-order valence-corrected chi connectivity index (χ4v) is 1.91. The molecule has 0 bridgehead atoms. The van der Waals surface area contributed by atoms with Gasteiger partial charge in [-0.15, -0.1) is 0 Å². The maximum absolute atomic E-state index is 5.38. The van der Waals surface area contributed by atoms with Crippen molar-refractivity contribution >= 4 is 5.69 Å². The summed E-state index contributed by atoms with van der Waals surface area (Å²) in [4.78, 5) is 4.40. The number of pyridine rings is 1. The average Bonchev–Trinajstić information content (AvgIpc) is 2.47. The lowest BCUT2D eigenvalue weighted by molar-refractivity contribution is 0.404. The third-order valence-corrected chi connectivity index (χ3v) is 2.82. The molecule has 0 amide bonds. The van der Waals surface area contributed by atoms with Crippen LogP contribution in [0.25, 0.3) is 11.3 Å². The largest absolute Gasteiger partial charge is 0.497 e. The van der Waals surface area contributed by atoms with Gasteiger partial charge >= 0.3 is 0 Å². The smallest absolute Gasteiger partial charge is 0.128 e. The number of methoxy groups -OCH3 is 2. The molecule has 1 aromatic heterocycles. The number of anilines is 1. The van der Waals surface area contributed by atoms with Crippen molar-refractivity contribution in [3.63, 3.8) is 0 Å². The van der Waals surface area contributed by atoms with E-state index in [2.05, 4.69) is 17.2 Å². The van der Waals surface area contributed by atoms with Crippen LogP contribution < -0.4 is 14.8 Å². The van der Waals surface area contributed by atoms with Gasteiger partial charge < -0.3 is 14.8 Å². The molecule has 2 aromatic rings. The molecule has 0 aliphatic heterocycles. The van der Waals surface area contributed by atoms with Crippen molar-refractivity contribution in [3.05, 3.63) is 36.5 Å². The van der Waals surface area contributed by atoms with Gasteiger partial charge in [-0.2, -0.15) is 0 Å². The molecule has 19 heavy (non-hydrogen) atoms. The number of rotatable bonds is 5. The summed E-state index contributed by atoms with van der Waals surface area (Å²) < 4.78 is 10.6. The SMILES string of the molecule is CCNc1ccnc(-c2cc(OC)ccc2OC)c1. The van der Waals surface area contributed by atoms with Crippen molar-refractivity contribution in [1.82, 2.24) is 4.98 Å². The zero-order valence-corrected chi connectivity index (χ0v) is 11.4. The zero-order valence-electron chi connectivity index (χ0n) is 11.4. The highest BCUT2D eigenvalue weighted by molar-refractivity contribution is 5.71. The molecule has 1 heterocycles. The summed E-state index contributed by atoms with van der Waals surface area (Å²) in [6.07, 6.45) is 1.78. The molecule has 2 rings (SSSR count). The van der Waals surface area contributed by atoms with E-state index in [0.29, 0.717) is 0 Å². The second-order valence-corrected chi connectivity index (χ2v) is 4.03. The molecule has 1 N–H and O–H groups in total. The summed E-state index contributed by atoms with van der Waals surface area (Å²) in [5.74, 6) is 1.56. The monoisotopic (exact) mass is 258 g/mol. The summed E-state index contributed by atoms with van der Waals surface area (Å²) in [5.41, 5.74) is 2.81. The third-order valence-electron chi connectivity index (χ3n) is 2.82. The van der Waals surface area contributed by atoms with Crippen LogP contribution in [0.3, 0.4) is 0 Å². The Hall–Kier alpha value is -2.23. The van der Waals surface area contributed by atoms with E-state index in [1.165, 1.54) is 0 Å². The molecule has 0 aliphatic rings. The maximum atomic E-state index is 5.38. The Morgan fingerprint density at radius 1 is 1.11 bits per heavy atom. The van der Waals surface area contributed by atoms with Gasteiger partial charge in [-0.05, 0) is 37.3 Å². The van der Waals surface area contributed by atoms with Crippen molar-refractivity contribution < 1.29 is 9.47 Å². The predicted octanol–water partition coefficient (Wildman–Crippen LogP) is 3.20. The van der Waals surface area contributed by atoms with E-state index in [-0.39, 0.29) is 0 Å². The standard InChI is InChI=1S/C15H18N2O2/c1-4-16-11-7-8-17-14(9-11)13-10-12(18-2)5-6-15(13)19-3/h5-10H,4H2,1-3H3,(H,16,17). The first-order chi connectivity index (χ1) is 9.28. The second kappa shape index (κ2) is 6.09. The van der Waals surface area contributed by atoms with Gasteiger partial charge in [-0.25, -0.2) is 0 Å². The molecule has 4 nitrogen and oxygen atoms in total. The van der Waals surface area contributed by atoms with Gasteiger partial charge in [0.1, 0.15) is 11.5 Å². The lowest BCUT2D eigenvalue weighted by Crippen LogP contribution is -1.98. The minimum atomic E-state index is 0.780. The molecule has 0 saturated heterocycles. The summed E-state index contributed by atoms with van der Waals surface area (Å²) in [5, 5.41) is 3.27. The first kappa shape index (κ1) is 13.2. The van der Waals surface area contributed by atoms with Gasteiger partial charge in [0.15, 0.2) is 0 Å². The number of aromatic nitrogens is 1. The van der Waals surface area contributed by atoms with Gasteiger partial charge in [0, 0.05) is 24.0 Å². The van der Waals surface area contributed by atoms with Crippen molar-refractivity contribution in [1.29, 1.82) is 0 Å². The van der Waals surface area contributed by atoms with Crippen LogP contribution in [0.5, 0.6) is 11.5 Å². The first-order valence-corrected chi connectivity index (χ1v) is 6.20. The van der Waals surface area contributed by atoms with Crippen LogP contribution in [0.4, 0.5) is 5.69 Å². The lowest BCUT2D eigenvalue weighted by Gasteiger charge is -2.11. The minimum absolute atomic E-state index is 0.780. The number of benzene rings is 1. The Bertz CT molecular complexity index is 556. The Labute approximate surface area is 113 Å². The Balaban J connectivity index is 2.47. The fourth-order valence-electron chi connectivity index (χ4n) is 1.91. The minimum Gasteiger partial charge on any atom is -0.497 e. The highest BCUT2D eigenvalue weighted by Crippen LogP contribution is 2.33. The van der Waals surface area contributed by atoms with Crippen LogP contribution >= 0.6 is 0 Å². The fraction of sp³-hybridized carbons (Fsp3) is 0.267. The first-order valence-electron chi connectivity index (χ1n) is 6.20. The Morgan fingerprint density at radius 2 is 1.95 bits per heavy atom. The molecular weight excluding hydrogens is 240 g/mol. The highest BCUT2D eigenvalue weighted by atomic mass is 16.5. The number of nitrogens with one attached hydrogen (secondary N) is 1. The van der Waals surface area contributed by atoms with E-state index < -0.39 is 0 Å². The van der Waals surface area contributed by atoms with Gasteiger partial charge in [-0.3, -0.25) is 4.98 Å². The van der Waals surface area contributed by atoms with Crippen molar-refractivity contribution in [2.45, 2.75) is 6.92 Å². The van der Waals surface area contributed by atoms with Crippen LogP contribution in [0, 0.1) is 0 Å². The lowest BCUT2D eigenvalue weighted by atomic mass is 10.1. The molecule has 1 aromatic carbocycles. The Kier molecular flexibility index (Phi) is 4.23. The van der Waals surface area contributed by atoms with Gasteiger partial charge in [0.2, 0.25) is 0 Å². The third kappa shape index (κ3) is 2.96. The van der Waals surface area contributed by atoms with E-state index in [1.807, 2.05) is 30.3 Å². The van der Waals surface area contributed by atoms with Crippen molar-refractivity contribution in [3.8, 4) is 22.8 Å². The molecule has 0 radical (unpaired) electrons. The molecule has 4 heteroatoms. The van der Waals surface area contributed by atoms with Gasteiger partial charge in [-0.1, -0.05) is 0 Å². The molecular formula is C15H18N2O2. The van der Waals surface area contributed by atoms with Crippen LogP contribution in [0.15, 0.2) is 36.5 Å². The molecule has 0 aliphatic carbocycles. The number of ether oxygens (including phenoxy) is 2. The van der Waals surface area contributed by atoms with Gasteiger partial charge in [0.05, 0.1) is 19.9 Å². The van der Waals surface area contributed by atoms with Crippen molar-refractivity contribution in [2.75, 3.05) is 26.1 Å². The number of nitrogens with zero attached hydrogens (tertiary/aromatic N) is 1. The summed E-state index contributed by atoms with van der Waals surface area (Å²) in [7, 11) is 3.30. The zero-order chi connectivity index (χ0) is 13.7. The predicted molar refractivity (Wildman–Crippen MR) is 76.9 cm³/mol. The maximum Gasteiger partial charge on any atom is 0.128 e. The number of hydrogen-bond acceptors (Lipinski definition) is 4. The molecule has 0 saturated carbocycles. The molecule has 0 fully saturated rings. The topological polar surface area (TPSA) is 43.4 Å². The van der Waals surface area contributed by atoms with E-state index in [9.17, 15) is 0 Å². The Morgan fingerprint density at radius 3 is 2.63 bits per heavy atom. The molecule has 0 spiro atoms. The number of hydrogen-bond donors (Lipinski definition) is 1. The van der Waals surface area contributed by atoms with E-state index >= 15 is 0 Å². The van der Waals surface area contributed by atoms with E-state index in [4.69, 9.17) is 9.47 Å². The van der Waals surface area contributed by atoms with E-state index in [0.717, 1.165) is 35.0 Å². The summed E-state index contributed by atoms with van der Waals surface area (Å²) in [6.45, 7) is 2.94.